The summed E-state index contributed by atoms with van der Waals surface area (Å²) in [5.41, 5.74) is 2.92. The molecule has 0 aliphatic carbocycles. The summed E-state index contributed by atoms with van der Waals surface area (Å²) in [5.74, 6) is 1.29. The van der Waals surface area contributed by atoms with Gasteiger partial charge in [-0.3, -0.25) is 14.8 Å². The zero-order valence-corrected chi connectivity index (χ0v) is 16.2. The molecule has 0 bridgehead atoms. The summed E-state index contributed by atoms with van der Waals surface area (Å²) in [5, 5.41) is 6.13. The third-order valence-electron chi connectivity index (χ3n) is 4.29. The molecule has 2 N–H and O–H groups in total. The maximum atomic E-state index is 12.4. The van der Waals surface area contributed by atoms with Crippen LogP contribution in [0.1, 0.15) is 16.1 Å². The molecule has 0 aliphatic heterocycles. The minimum atomic E-state index is -0.242. The summed E-state index contributed by atoms with van der Waals surface area (Å²) in [4.78, 5) is 20.6. The fourth-order valence-corrected chi connectivity index (χ4v) is 2.81. The van der Waals surface area contributed by atoms with E-state index < -0.39 is 0 Å². The van der Waals surface area contributed by atoms with E-state index in [0.29, 0.717) is 12.2 Å². The first-order valence-corrected chi connectivity index (χ1v) is 9.49. The molecule has 4 aromatic rings. The predicted molar refractivity (Wildman–Crippen MR) is 116 cm³/mol. The molecule has 0 saturated carbocycles. The van der Waals surface area contributed by atoms with Crippen LogP contribution in [0, 0.1) is 0 Å². The number of hydrogen-bond acceptors (Lipinski definition) is 5. The van der Waals surface area contributed by atoms with Gasteiger partial charge in [0.2, 0.25) is 0 Å². The smallest absolute Gasteiger partial charge is 0.270 e. The Morgan fingerprint density at radius 1 is 0.833 bits per heavy atom. The van der Waals surface area contributed by atoms with E-state index in [1.807, 2.05) is 72.8 Å². The minimum absolute atomic E-state index is 0.242. The van der Waals surface area contributed by atoms with E-state index in [2.05, 4.69) is 20.6 Å². The normalized spacial score (nSPS) is 10.3. The largest absolute Gasteiger partial charge is 0.457 e. The third-order valence-corrected chi connectivity index (χ3v) is 4.29. The summed E-state index contributed by atoms with van der Waals surface area (Å²) >= 11 is 0. The highest BCUT2D eigenvalue weighted by molar-refractivity contribution is 5.93. The molecule has 0 fully saturated rings. The standard InChI is InChI=1S/C24H20N4O2/c29-24(27-17-18-5-4-13-25-16-18)23-15-20(12-14-26-23)28-19-8-10-22(11-9-19)30-21-6-2-1-3-7-21/h1-16H,17H2,(H,26,28)(H,27,29). The Bertz CT molecular complexity index is 1100. The third kappa shape index (κ3) is 5.20. The number of ether oxygens (including phenoxy) is 1. The van der Waals surface area contributed by atoms with Gasteiger partial charge in [-0.2, -0.15) is 0 Å². The molecule has 30 heavy (non-hydrogen) atoms. The first-order chi connectivity index (χ1) is 14.8. The summed E-state index contributed by atoms with van der Waals surface area (Å²) in [6, 6.07) is 24.5. The molecule has 0 saturated heterocycles. The van der Waals surface area contributed by atoms with Gasteiger partial charge in [0.1, 0.15) is 17.2 Å². The van der Waals surface area contributed by atoms with E-state index in [-0.39, 0.29) is 5.91 Å². The summed E-state index contributed by atoms with van der Waals surface area (Å²) in [7, 11) is 0. The Morgan fingerprint density at radius 2 is 1.63 bits per heavy atom. The van der Waals surface area contributed by atoms with E-state index in [4.69, 9.17) is 4.74 Å². The van der Waals surface area contributed by atoms with E-state index >= 15 is 0 Å². The number of anilines is 2. The first kappa shape index (κ1) is 19.1. The van der Waals surface area contributed by atoms with Gasteiger partial charge in [0.25, 0.3) is 5.91 Å². The number of carbonyl (C=O) groups is 1. The van der Waals surface area contributed by atoms with Crippen molar-refractivity contribution in [2.45, 2.75) is 6.54 Å². The zero-order chi connectivity index (χ0) is 20.6. The maximum absolute atomic E-state index is 12.4. The molecule has 0 radical (unpaired) electrons. The molecule has 0 spiro atoms. The van der Waals surface area contributed by atoms with Crippen molar-refractivity contribution in [1.82, 2.24) is 15.3 Å². The lowest BCUT2D eigenvalue weighted by molar-refractivity contribution is 0.0946. The zero-order valence-electron chi connectivity index (χ0n) is 16.2. The fraction of sp³-hybridized carbons (Fsp3) is 0.0417. The lowest BCUT2D eigenvalue weighted by Gasteiger charge is -2.10. The minimum Gasteiger partial charge on any atom is -0.457 e. The number of amides is 1. The highest BCUT2D eigenvalue weighted by Gasteiger charge is 2.08. The van der Waals surface area contributed by atoms with E-state index in [0.717, 1.165) is 28.4 Å². The van der Waals surface area contributed by atoms with Crippen LogP contribution < -0.4 is 15.4 Å². The van der Waals surface area contributed by atoms with Gasteiger partial charge >= 0.3 is 0 Å². The number of nitrogens with zero attached hydrogens (tertiary/aromatic N) is 2. The summed E-state index contributed by atoms with van der Waals surface area (Å²) in [6.45, 7) is 0.398. The average molecular weight is 396 g/mol. The number of rotatable bonds is 7. The van der Waals surface area contributed by atoms with Gasteiger partial charge in [0, 0.05) is 36.5 Å². The number of benzene rings is 2. The monoisotopic (exact) mass is 396 g/mol. The number of aromatic nitrogens is 2. The number of carbonyl (C=O) groups excluding carboxylic acids is 1. The Labute approximate surface area is 174 Å². The highest BCUT2D eigenvalue weighted by atomic mass is 16.5. The van der Waals surface area contributed by atoms with Crippen molar-refractivity contribution in [1.29, 1.82) is 0 Å². The van der Waals surface area contributed by atoms with E-state index in [1.165, 1.54) is 0 Å². The van der Waals surface area contributed by atoms with Crippen molar-refractivity contribution >= 4 is 17.3 Å². The lowest BCUT2D eigenvalue weighted by Crippen LogP contribution is -2.23. The maximum Gasteiger partial charge on any atom is 0.270 e. The average Bonchev–Trinajstić information content (AvgIpc) is 2.80. The SMILES string of the molecule is O=C(NCc1cccnc1)c1cc(Nc2ccc(Oc3ccccc3)cc2)ccn1. The van der Waals surface area contributed by atoms with Crippen LogP contribution in [-0.4, -0.2) is 15.9 Å². The quantitative estimate of drug-likeness (QED) is 0.463. The molecule has 2 aromatic heterocycles. The van der Waals surface area contributed by atoms with Gasteiger partial charge < -0.3 is 15.4 Å². The van der Waals surface area contributed by atoms with Crippen molar-refractivity contribution in [3.05, 3.63) is 109 Å². The second kappa shape index (κ2) is 9.34. The van der Waals surface area contributed by atoms with Gasteiger partial charge in [-0.15, -0.1) is 0 Å². The molecule has 0 atom stereocenters. The summed E-state index contributed by atoms with van der Waals surface area (Å²) in [6.07, 6.45) is 5.02. The van der Waals surface area contributed by atoms with Crippen LogP contribution in [0.3, 0.4) is 0 Å². The van der Waals surface area contributed by atoms with Crippen molar-refractivity contribution in [2.24, 2.45) is 0 Å². The van der Waals surface area contributed by atoms with Crippen molar-refractivity contribution < 1.29 is 9.53 Å². The van der Waals surface area contributed by atoms with Crippen LogP contribution in [0.2, 0.25) is 0 Å². The molecule has 1 amide bonds. The van der Waals surface area contributed by atoms with Crippen LogP contribution in [-0.2, 0) is 6.54 Å². The highest BCUT2D eigenvalue weighted by Crippen LogP contribution is 2.24. The second-order valence-corrected chi connectivity index (χ2v) is 6.54. The molecular weight excluding hydrogens is 376 g/mol. The van der Waals surface area contributed by atoms with Crippen LogP contribution >= 0.6 is 0 Å². The second-order valence-electron chi connectivity index (χ2n) is 6.54. The Kier molecular flexibility index (Phi) is 5.96. The van der Waals surface area contributed by atoms with Crippen LogP contribution in [0.15, 0.2) is 97.5 Å². The molecular formula is C24H20N4O2. The Hall–Kier alpha value is -4.19. The molecule has 2 heterocycles. The first-order valence-electron chi connectivity index (χ1n) is 9.49. The number of para-hydroxylation sites is 1. The molecule has 2 aromatic carbocycles. The van der Waals surface area contributed by atoms with Gasteiger partial charge in [0.15, 0.2) is 0 Å². The van der Waals surface area contributed by atoms with Gasteiger partial charge in [-0.05, 0) is 60.2 Å². The van der Waals surface area contributed by atoms with Crippen molar-refractivity contribution in [3.63, 3.8) is 0 Å². The molecule has 148 valence electrons. The topological polar surface area (TPSA) is 76.1 Å². The number of pyridine rings is 2. The number of hydrogen-bond donors (Lipinski definition) is 2. The number of nitrogens with one attached hydrogen (secondary N) is 2. The van der Waals surface area contributed by atoms with Crippen LogP contribution in [0.4, 0.5) is 11.4 Å². The fourth-order valence-electron chi connectivity index (χ4n) is 2.81. The predicted octanol–water partition coefficient (Wildman–Crippen LogP) is 4.94. The van der Waals surface area contributed by atoms with E-state index in [1.54, 1.807) is 24.7 Å². The molecule has 0 unspecified atom stereocenters. The van der Waals surface area contributed by atoms with Gasteiger partial charge in [0.05, 0.1) is 0 Å². The van der Waals surface area contributed by atoms with Gasteiger partial charge in [-0.1, -0.05) is 24.3 Å². The summed E-state index contributed by atoms with van der Waals surface area (Å²) < 4.78 is 5.80. The molecule has 0 aliphatic rings. The molecule has 6 nitrogen and oxygen atoms in total. The van der Waals surface area contributed by atoms with Crippen LogP contribution in [0.5, 0.6) is 11.5 Å². The van der Waals surface area contributed by atoms with Gasteiger partial charge in [-0.25, -0.2) is 0 Å². The van der Waals surface area contributed by atoms with Crippen molar-refractivity contribution in [3.8, 4) is 11.5 Å². The molecule has 6 heteroatoms. The van der Waals surface area contributed by atoms with Crippen LogP contribution in [0.25, 0.3) is 0 Å². The Balaban J connectivity index is 1.37. The lowest BCUT2D eigenvalue weighted by atomic mass is 10.2. The molecule has 4 rings (SSSR count). The van der Waals surface area contributed by atoms with Crippen molar-refractivity contribution in [2.75, 3.05) is 5.32 Å². The Morgan fingerprint density at radius 3 is 2.40 bits per heavy atom. The van der Waals surface area contributed by atoms with E-state index in [9.17, 15) is 4.79 Å².